The van der Waals surface area contributed by atoms with Crippen LogP contribution >= 0.6 is 0 Å². The van der Waals surface area contributed by atoms with E-state index in [1.807, 2.05) is 36.4 Å². The molecule has 0 saturated carbocycles. The minimum Gasteiger partial charge on any atom is -0.350 e. The van der Waals surface area contributed by atoms with E-state index in [2.05, 4.69) is 10.3 Å². The summed E-state index contributed by atoms with van der Waals surface area (Å²) in [6.45, 7) is 1.98. The van der Waals surface area contributed by atoms with Crippen LogP contribution in [-0.2, 0) is 29.1 Å². The van der Waals surface area contributed by atoms with Crippen molar-refractivity contribution >= 4 is 11.8 Å². The molecule has 0 saturated heterocycles. The summed E-state index contributed by atoms with van der Waals surface area (Å²) < 4.78 is 13.3. The lowest BCUT2D eigenvalue weighted by atomic mass is 10.0. The molecular formula is C24H24FN3O2. The highest BCUT2D eigenvalue weighted by molar-refractivity contribution is 5.87. The zero-order chi connectivity index (χ0) is 21.3. The van der Waals surface area contributed by atoms with E-state index in [0.29, 0.717) is 13.0 Å². The number of hydrogen-bond acceptors (Lipinski definition) is 3. The van der Waals surface area contributed by atoms with E-state index in [4.69, 9.17) is 0 Å². The van der Waals surface area contributed by atoms with Gasteiger partial charge in [0.1, 0.15) is 11.9 Å². The van der Waals surface area contributed by atoms with Gasteiger partial charge >= 0.3 is 0 Å². The number of nitrogens with one attached hydrogen (secondary N) is 1. The lowest BCUT2D eigenvalue weighted by Gasteiger charge is -2.30. The summed E-state index contributed by atoms with van der Waals surface area (Å²) >= 11 is 0. The fraction of sp³-hybridized carbons (Fsp3) is 0.208. The van der Waals surface area contributed by atoms with Gasteiger partial charge in [-0.2, -0.15) is 0 Å². The first-order chi connectivity index (χ1) is 14.5. The van der Waals surface area contributed by atoms with Gasteiger partial charge in [0.25, 0.3) is 0 Å². The van der Waals surface area contributed by atoms with Crippen molar-refractivity contribution in [3.05, 3.63) is 102 Å². The van der Waals surface area contributed by atoms with Crippen LogP contribution in [0.3, 0.4) is 0 Å². The van der Waals surface area contributed by atoms with Gasteiger partial charge in [-0.1, -0.05) is 48.5 Å². The van der Waals surface area contributed by atoms with Crippen molar-refractivity contribution in [3.8, 4) is 0 Å². The molecule has 0 aliphatic rings. The molecular weight excluding hydrogens is 381 g/mol. The first-order valence-electron chi connectivity index (χ1n) is 9.75. The molecule has 3 aromatic rings. The van der Waals surface area contributed by atoms with Gasteiger partial charge < -0.3 is 10.2 Å². The highest BCUT2D eigenvalue weighted by Gasteiger charge is 2.28. The van der Waals surface area contributed by atoms with Crippen LogP contribution in [0.1, 0.15) is 23.6 Å². The van der Waals surface area contributed by atoms with Gasteiger partial charge in [0, 0.05) is 38.8 Å². The number of amides is 2. The minimum atomic E-state index is -0.702. The van der Waals surface area contributed by atoms with E-state index in [-0.39, 0.29) is 24.2 Å². The standard InChI is InChI=1S/C24H24FN3O2/c1-18(29)28(17-20-9-11-22(25)12-10-20)23(14-19-6-3-2-4-7-19)24(30)27-16-21-8-5-13-26-15-21/h2-13,15,23H,14,16-17H2,1H3,(H,27,30). The molecule has 5 nitrogen and oxygen atoms in total. The summed E-state index contributed by atoms with van der Waals surface area (Å²) in [6, 6.07) is 18.5. The number of hydrogen-bond donors (Lipinski definition) is 1. The zero-order valence-corrected chi connectivity index (χ0v) is 16.8. The second-order valence-corrected chi connectivity index (χ2v) is 7.06. The first kappa shape index (κ1) is 21.2. The second-order valence-electron chi connectivity index (χ2n) is 7.06. The number of rotatable bonds is 8. The normalized spacial score (nSPS) is 11.5. The van der Waals surface area contributed by atoms with Crippen molar-refractivity contribution in [2.24, 2.45) is 0 Å². The Hall–Kier alpha value is -3.54. The Morgan fingerprint density at radius 1 is 0.967 bits per heavy atom. The van der Waals surface area contributed by atoms with Crippen LogP contribution < -0.4 is 5.32 Å². The van der Waals surface area contributed by atoms with E-state index < -0.39 is 6.04 Å². The van der Waals surface area contributed by atoms with E-state index >= 15 is 0 Å². The summed E-state index contributed by atoms with van der Waals surface area (Å²) in [5, 5.41) is 2.92. The fourth-order valence-electron chi connectivity index (χ4n) is 3.22. The molecule has 6 heteroatoms. The molecule has 2 amide bonds. The lowest BCUT2D eigenvalue weighted by Crippen LogP contribution is -2.49. The molecule has 154 valence electrons. The van der Waals surface area contributed by atoms with Gasteiger partial charge in [0.15, 0.2) is 0 Å². The predicted octanol–water partition coefficient (Wildman–Crippen LogP) is 3.50. The Morgan fingerprint density at radius 3 is 2.30 bits per heavy atom. The molecule has 0 spiro atoms. The van der Waals surface area contributed by atoms with E-state index in [1.54, 1.807) is 30.6 Å². The molecule has 0 aliphatic heterocycles. The van der Waals surface area contributed by atoms with Crippen LogP contribution in [0.25, 0.3) is 0 Å². The predicted molar refractivity (Wildman–Crippen MR) is 113 cm³/mol. The largest absolute Gasteiger partial charge is 0.350 e. The Kier molecular flexibility index (Phi) is 7.27. The van der Waals surface area contributed by atoms with Gasteiger partial charge in [-0.3, -0.25) is 14.6 Å². The van der Waals surface area contributed by atoms with Crippen molar-refractivity contribution in [1.29, 1.82) is 0 Å². The van der Waals surface area contributed by atoms with Crippen molar-refractivity contribution in [1.82, 2.24) is 15.2 Å². The third-order valence-electron chi connectivity index (χ3n) is 4.81. The molecule has 1 aromatic heterocycles. The number of pyridine rings is 1. The third kappa shape index (κ3) is 5.98. The molecule has 0 fully saturated rings. The Labute approximate surface area is 175 Å². The summed E-state index contributed by atoms with van der Waals surface area (Å²) in [7, 11) is 0. The highest BCUT2D eigenvalue weighted by Crippen LogP contribution is 2.15. The number of halogens is 1. The van der Waals surface area contributed by atoms with Crippen LogP contribution in [0.15, 0.2) is 79.1 Å². The molecule has 0 bridgehead atoms. The van der Waals surface area contributed by atoms with E-state index in [1.165, 1.54) is 24.0 Å². The molecule has 1 atom stereocenters. The monoisotopic (exact) mass is 405 g/mol. The summed E-state index contributed by atoms with van der Waals surface area (Å²) in [5.74, 6) is -0.819. The fourth-order valence-corrected chi connectivity index (χ4v) is 3.22. The maximum absolute atomic E-state index is 13.3. The topological polar surface area (TPSA) is 62.3 Å². The van der Waals surface area contributed by atoms with Crippen molar-refractivity contribution < 1.29 is 14.0 Å². The summed E-state index contributed by atoms with van der Waals surface area (Å²) in [4.78, 5) is 31.2. The van der Waals surface area contributed by atoms with Crippen molar-refractivity contribution in [2.45, 2.75) is 32.5 Å². The molecule has 3 rings (SSSR count). The molecule has 0 radical (unpaired) electrons. The zero-order valence-electron chi connectivity index (χ0n) is 16.8. The van der Waals surface area contributed by atoms with Crippen molar-refractivity contribution in [3.63, 3.8) is 0 Å². The maximum Gasteiger partial charge on any atom is 0.243 e. The molecule has 1 heterocycles. The Morgan fingerprint density at radius 2 is 1.67 bits per heavy atom. The molecule has 0 aliphatic carbocycles. The quantitative estimate of drug-likeness (QED) is 0.624. The molecule has 30 heavy (non-hydrogen) atoms. The van der Waals surface area contributed by atoms with Gasteiger partial charge in [-0.25, -0.2) is 4.39 Å². The van der Waals surface area contributed by atoms with Gasteiger partial charge in [0.05, 0.1) is 0 Å². The number of nitrogens with zero attached hydrogens (tertiary/aromatic N) is 2. The van der Waals surface area contributed by atoms with Crippen LogP contribution in [-0.4, -0.2) is 27.7 Å². The van der Waals surface area contributed by atoms with Gasteiger partial charge in [-0.05, 0) is 34.9 Å². The SMILES string of the molecule is CC(=O)N(Cc1ccc(F)cc1)C(Cc1ccccc1)C(=O)NCc1cccnc1. The summed E-state index contributed by atoms with van der Waals surface area (Å²) in [5.41, 5.74) is 2.58. The first-order valence-corrected chi connectivity index (χ1v) is 9.75. The molecule has 1 unspecified atom stereocenters. The highest BCUT2D eigenvalue weighted by atomic mass is 19.1. The number of carbonyl (C=O) groups excluding carboxylic acids is 2. The number of benzene rings is 2. The Balaban J connectivity index is 1.82. The van der Waals surface area contributed by atoms with Crippen LogP contribution in [0, 0.1) is 5.82 Å². The molecule has 1 N–H and O–H groups in total. The van der Waals surface area contributed by atoms with Crippen LogP contribution in [0.2, 0.25) is 0 Å². The van der Waals surface area contributed by atoms with Gasteiger partial charge in [0.2, 0.25) is 11.8 Å². The van der Waals surface area contributed by atoms with E-state index in [9.17, 15) is 14.0 Å². The Bertz CT molecular complexity index is 963. The smallest absolute Gasteiger partial charge is 0.243 e. The van der Waals surface area contributed by atoms with Gasteiger partial charge in [-0.15, -0.1) is 0 Å². The van der Waals surface area contributed by atoms with Crippen LogP contribution in [0.4, 0.5) is 4.39 Å². The van der Waals surface area contributed by atoms with Crippen LogP contribution in [0.5, 0.6) is 0 Å². The van der Waals surface area contributed by atoms with Crippen molar-refractivity contribution in [2.75, 3.05) is 0 Å². The lowest BCUT2D eigenvalue weighted by molar-refractivity contribution is -0.139. The van der Waals surface area contributed by atoms with E-state index in [0.717, 1.165) is 16.7 Å². The summed E-state index contributed by atoms with van der Waals surface area (Å²) in [6.07, 6.45) is 3.73. The average molecular weight is 405 g/mol. The third-order valence-corrected chi connectivity index (χ3v) is 4.81. The average Bonchev–Trinajstić information content (AvgIpc) is 2.77. The maximum atomic E-state index is 13.3. The molecule has 2 aromatic carbocycles. The number of carbonyl (C=O) groups is 2. The second kappa shape index (κ2) is 10.3. The minimum absolute atomic E-state index is 0.216. The number of aromatic nitrogens is 1.